The molecule has 0 aliphatic rings. The van der Waals surface area contributed by atoms with Gasteiger partial charge in [0.2, 0.25) is 0 Å². The van der Waals surface area contributed by atoms with Crippen LogP contribution in [0.15, 0.2) is 24.3 Å². The maximum atomic E-state index is 10.8. The monoisotopic (exact) mass is 376 g/mol. The number of esters is 4. The molecule has 0 radical (unpaired) electrons. The minimum Gasteiger partial charge on any atom is -0.467 e. The molecule has 0 saturated carbocycles. The Balaban J connectivity index is 0. The van der Waals surface area contributed by atoms with E-state index in [1.807, 2.05) is 0 Å². The standard InChI is InChI=1S/2C8H12O5/c2*1-5(7(10)12-2)4-6(9)8(11)13-3/h2*6,9H,1,4H2,2-3H3/t2*6-/m10/s1. The third kappa shape index (κ3) is 10.2. The lowest BCUT2D eigenvalue weighted by molar-refractivity contribution is -0.151. The van der Waals surface area contributed by atoms with E-state index in [0.717, 1.165) is 14.2 Å². The molecule has 0 heterocycles. The van der Waals surface area contributed by atoms with Gasteiger partial charge in [-0.05, 0) is 0 Å². The van der Waals surface area contributed by atoms with E-state index in [0.29, 0.717) is 0 Å². The molecule has 0 aromatic rings. The normalized spacial score (nSPS) is 11.6. The largest absolute Gasteiger partial charge is 0.467 e. The van der Waals surface area contributed by atoms with Crippen molar-refractivity contribution in [2.45, 2.75) is 25.0 Å². The van der Waals surface area contributed by atoms with Gasteiger partial charge in [0.15, 0.2) is 12.2 Å². The third-order valence-corrected chi connectivity index (χ3v) is 2.77. The van der Waals surface area contributed by atoms with Crippen LogP contribution in [0.4, 0.5) is 0 Å². The molecule has 0 aliphatic heterocycles. The summed E-state index contributed by atoms with van der Waals surface area (Å²) in [4.78, 5) is 42.9. The molecule has 10 heteroatoms. The van der Waals surface area contributed by atoms with E-state index in [1.165, 1.54) is 14.2 Å². The molecule has 2 N–H and O–H groups in total. The molecular weight excluding hydrogens is 352 g/mol. The van der Waals surface area contributed by atoms with Crippen LogP contribution < -0.4 is 0 Å². The molecule has 26 heavy (non-hydrogen) atoms. The molecule has 0 spiro atoms. The summed E-state index contributed by atoms with van der Waals surface area (Å²) in [7, 11) is 4.68. The second kappa shape index (κ2) is 13.6. The van der Waals surface area contributed by atoms with Crippen molar-refractivity contribution in [2.24, 2.45) is 0 Å². The van der Waals surface area contributed by atoms with Crippen molar-refractivity contribution in [3.05, 3.63) is 24.3 Å². The Labute approximate surface area is 151 Å². The summed E-state index contributed by atoms with van der Waals surface area (Å²) in [6.07, 6.45) is -3.09. The second-order valence-electron chi connectivity index (χ2n) is 4.68. The molecular formula is C16H24O10. The van der Waals surface area contributed by atoms with E-state index in [2.05, 4.69) is 32.1 Å². The molecule has 0 unspecified atom stereocenters. The number of carbonyl (C=O) groups excluding carboxylic acids is 4. The first-order chi connectivity index (χ1) is 12.0. The molecule has 10 nitrogen and oxygen atoms in total. The van der Waals surface area contributed by atoms with Crippen LogP contribution in [-0.4, -0.2) is 74.7 Å². The maximum Gasteiger partial charge on any atom is 0.335 e. The average molecular weight is 376 g/mol. The van der Waals surface area contributed by atoms with Gasteiger partial charge in [-0.2, -0.15) is 0 Å². The van der Waals surface area contributed by atoms with Gasteiger partial charge in [-0.1, -0.05) is 13.2 Å². The lowest BCUT2D eigenvalue weighted by Crippen LogP contribution is -2.23. The lowest BCUT2D eigenvalue weighted by Gasteiger charge is -2.08. The Kier molecular flexibility index (Phi) is 13.3. The van der Waals surface area contributed by atoms with Gasteiger partial charge in [0.1, 0.15) is 0 Å². The predicted molar refractivity (Wildman–Crippen MR) is 87.6 cm³/mol. The molecule has 0 bridgehead atoms. The van der Waals surface area contributed by atoms with Gasteiger partial charge in [-0.25, -0.2) is 19.2 Å². The first-order valence-electron chi connectivity index (χ1n) is 7.09. The fourth-order valence-corrected chi connectivity index (χ4v) is 1.36. The topological polar surface area (TPSA) is 146 Å². The number of carbonyl (C=O) groups is 4. The van der Waals surface area contributed by atoms with E-state index in [9.17, 15) is 19.2 Å². The van der Waals surface area contributed by atoms with Crippen molar-refractivity contribution < 1.29 is 48.3 Å². The van der Waals surface area contributed by atoms with Crippen molar-refractivity contribution in [2.75, 3.05) is 28.4 Å². The molecule has 0 fully saturated rings. The molecule has 0 saturated heterocycles. The third-order valence-electron chi connectivity index (χ3n) is 2.77. The van der Waals surface area contributed by atoms with Gasteiger partial charge in [-0.3, -0.25) is 0 Å². The zero-order valence-electron chi connectivity index (χ0n) is 15.1. The van der Waals surface area contributed by atoms with Crippen LogP contribution in [0.2, 0.25) is 0 Å². The van der Waals surface area contributed by atoms with Crippen LogP contribution in [0.1, 0.15) is 12.8 Å². The number of methoxy groups -OCH3 is 4. The van der Waals surface area contributed by atoms with Crippen LogP contribution >= 0.6 is 0 Å². The lowest BCUT2D eigenvalue weighted by atomic mass is 10.1. The van der Waals surface area contributed by atoms with Gasteiger partial charge in [0, 0.05) is 24.0 Å². The molecule has 0 aromatic carbocycles. The molecule has 2 atom stereocenters. The zero-order valence-corrected chi connectivity index (χ0v) is 15.1. The Bertz CT molecular complexity index is 489. The van der Waals surface area contributed by atoms with Crippen molar-refractivity contribution in [1.82, 2.24) is 0 Å². The molecule has 0 amide bonds. The van der Waals surface area contributed by atoms with E-state index in [4.69, 9.17) is 10.2 Å². The first-order valence-corrected chi connectivity index (χ1v) is 7.09. The summed E-state index contributed by atoms with van der Waals surface area (Å²) in [5, 5.41) is 18.2. The van der Waals surface area contributed by atoms with Gasteiger partial charge in [-0.15, -0.1) is 0 Å². The molecule has 0 rings (SSSR count). The number of aliphatic hydroxyl groups excluding tert-OH is 2. The van der Waals surface area contributed by atoms with E-state index in [1.54, 1.807) is 0 Å². The van der Waals surface area contributed by atoms with E-state index < -0.39 is 36.1 Å². The highest BCUT2D eigenvalue weighted by Crippen LogP contribution is 2.06. The van der Waals surface area contributed by atoms with Crippen molar-refractivity contribution in [3.63, 3.8) is 0 Å². The smallest absolute Gasteiger partial charge is 0.335 e. The number of hydrogen-bond donors (Lipinski definition) is 2. The highest BCUT2D eigenvalue weighted by atomic mass is 16.5. The number of rotatable bonds is 8. The summed E-state index contributed by atoms with van der Waals surface area (Å²) in [5.74, 6) is -2.90. The van der Waals surface area contributed by atoms with E-state index in [-0.39, 0.29) is 24.0 Å². The first kappa shape index (κ1) is 25.5. The SMILES string of the molecule is C=C(C[C@@H](O)C(=O)OC)C(=O)OC.C=C(C[C@H](O)C(=O)OC)C(=O)OC. The van der Waals surface area contributed by atoms with E-state index >= 15 is 0 Å². The number of aliphatic hydroxyl groups is 2. The van der Waals surface area contributed by atoms with Crippen LogP contribution in [0.5, 0.6) is 0 Å². The Morgan fingerprint density at radius 1 is 0.692 bits per heavy atom. The summed E-state index contributed by atoms with van der Waals surface area (Å²) < 4.78 is 17.1. The number of ether oxygens (including phenoxy) is 4. The number of hydrogen-bond acceptors (Lipinski definition) is 10. The highest BCUT2D eigenvalue weighted by Gasteiger charge is 2.20. The van der Waals surface area contributed by atoms with Crippen LogP contribution in [0.3, 0.4) is 0 Å². The molecule has 0 aromatic heterocycles. The van der Waals surface area contributed by atoms with Gasteiger partial charge >= 0.3 is 23.9 Å². The summed E-state index contributed by atoms with van der Waals surface area (Å²) >= 11 is 0. The fraction of sp³-hybridized carbons (Fsp3) is 0.500. The average Bonchev–Trinajstić information content (AvgIpc) is 2.64. The minimum absolute atomic E-state index is 0.0281. The molecule has 148 valence electrons. The van der Waals surface area contributed by atoms with Crippen molar-refractivity contribution in [3.8, 4) is 0 Å². The zero-order chi connectivity index (χ0) is 20.9. The summed E-state index contributed by atoms with van der Waals surface area (Å²) in [5.41, 5.74) is 0.0563. The van der Waals surface area contributed by atoms with Gasteiger partial charge < -0.3 is 29.2 Å². The Morgan fingerprint density at radius 2 is 0.962 bits per heavy atom. The quantitative estimate of drug-likeness (QED) is 0.316. The van der Waals surface area contributed by atoms with Gasteiger partial charge in [0.25, 0.3) is 0 Å². The molecule has 0 aliphatic carbocycles. The Hall–Kier alpha value is -2.72. The summed E-state index contributed by atoms with van der Waals surface area (Å²) in [6.45, 7) is 6.68. The van der Waals surface area contributed by atoms with Crippen molar-refractivity contribution in [1.29, 1.82) is 0 Å². The van der Waals surface area contributed by atoms with Crippen molar-refractivity contribution >= 4 is 23.9 Å². The van der Waals surface area contributed by atoms with Crippen LogP contribution in [0, 0.1) is 0 Å². The fourth-order valence-electron chi connectivity index (χ4n) is 1.36. The minimum atomic E-state index is -1.36. The Morgan fingerprint density at radius 3 is 1.15 bits per heavy atom. The highest BCUT2D eigenvalue weighted by molar-refractivity contribution is 5.89. The predicted octanol–water partition coefficient (Wildman–Crippen LogP) is -0.721. The maximum absolute atomic E-state index is 10.8. The summed E-state index contributed by atoms with van der Waals surface area (Å²) in [6, 6.07) is 0. The van der Waals surface area contributed by atoms with Gasteiger partial charge in [0.05, 0.1) is 28.4 Å². The van der Waals surface area contributed by atoms with Crippen LogP contribution in [-0.2, 0) is 38.1 Å². The second-order valence-corrected chi connectivity index (χ2v) is 4.68. The van der Waals surface area contributed by atoms with Crippen LogP contribution in [0.25, 0.3) is 0 Å².